The maximum absolute atomic E-state index is 12.6. The Bertz CT molecular complexity index is 827. The summed E-state index contributed by atoms with van der Waals surface area (Å²) in [4.78, 5) is 17.3. The maximum Gasteiger partial charge on any atom is 0.252 e. The van der Waals surface area contributed by atoms with Crippen molar-refractivity contribution in [1.29, 1.82) is 0 Å². The smallest absolute Gasteiger partial charge is 0.252 e. The van der Waals surface area contributed by atoms with E-state index >= 15 is 0 Å². The third-order valence-electron chi connectivity index (χ3n) is 5.71. The van der Waals surface area contributed by atoms with E-state index in [1.54, 1.807) is 24.3 Å². The normalized spacial score (nSPS) is 24.3. The first-order valence-corrected chi connectivity index (χ1v) is 9.42. The zero-order valence-corrected chi connectivity index (χ0v) is 17.0. The summed E-state index contributed by atoms with van der Waals surface area (Å²) >= 11 is 5.98. The topological polar surface area (TPSA) is 80.0 Å². The van der Waals surface area contributed by atoms with E-state index in [1.165, 1.54) is 12.8 Å². The fourth-order valence-electron chi connectivity index (χ4n) is 4.22. The molecule has 2 aromatic rings. The molecule has 27 heavy (non-hydrogen) atoms. The van der Waals surface area contributed by atoms with Crippen molar-refractivity contribution < 1.29 is 9.32 Å². The first-order chi connectivity index (χ1) is 12.4. The number of nitrogens with one attached hydrogen (secondary N) is 2. The lowest BCUT2D eigenvalue weighted by molar-refractivity contribution is 0.0907. The molecular formula is C19H24Cl2N4O2. The Labute approximate surface area is 169 Å². The minimum atomic E-state index is -0.752. The number of nitrogens with zero attached hydrogens (tertiary/aromatic N) is 2. The summed E-state index contributed by atoms with van der Waals surface area (Å²) in [5, 5.41) is 11.2. The number of carbonyl (C=O) groups excluding carboxylic acids is 1. The van der Waals surface area contributed by atoms with Crippen LogP contribution in [0.25, 0.3) is 0 Å². The van der Waals surface area contributed by atoms with Gasteiger partial charge in [-0.2, -0.15) is 4.98 Å². The van der Waals surface area contributed by atoms with Crippen LogP contribution in [0.15, 0.2) is 28.8 Å². The number of rotatable bonds is 4. The molecule has 1 amide bonds. The second-order valence-corrected chi connectivity index (χ2v) is 8.33. The number of amides is 1. The quantitative estimate of drug-likeness (QED) is 0.806. The molecule has 4 rings (SSSR count). The van der Waals surface area contributed by atoms with Gasteiger partial charge in [0.1, 0.15) is 0 Å². The van der Waals surface area contributed by atoms with Crippen LogP contribution < -0.4 is 10.6 Å². The predicted molar refractivity (Wildman–Crippen MR) is 105 cm³/mol. The van der Waals surface area contributed by atoms with Gasteiger partial charge in [-0.25, -0.2) is 0 Å². The van der Waals surface area contributed by atoms with Gasteiger partial charge in [-0.15, -0.1) is 12.4 Å². The summed E-state index contributed by atoms with van der Waals surface area (Å²) in [6, 6.07) is 6.86. The van der Waals surface area contributed by atoms with Crippen molar-refractivity contribution in [3.05, 3.63) is 46.6 Å². The summed E-state index contributed by atoms with van der Waals surface area (Å²) in [7, 11) is 0. The summed E-state index contributed by atoms with van der Waals surface area (Å²) in [5.74, 6) is 1.53. The number of fused-ring (bicyclic) bond motifs is 1. The third kappa shape index (κ3) is 3.58. The molecule has 1 aliphatic heterocycles. The first kappa shape index (κ1) is 20.1. The Morgan fingerprint density at radius 1 is 1.44 bits per heavy atom. The van der Waals surface area contributed by atoms with E-state index in [4.69, 9.17) is 21.1 Å². The minimum Gasteiger partial charge on any atom is -0.340 e. The molecule has 1 saturated heterocycles. The fraction of sp³-hybridized carbons (Fsp3) is 0.526. The summed E-state index contributed by atoms with van der Waals surface area (Å²) < 4.78 is 5.67. The minimum absolute atomic E-state index is 0. The van der Waals surface area contributed by atoms with Crippen LogP contribution in [-0.2, 0) is 11.0 Å². The molecule has 2 heterocycles. The molecule has 1 saturated carbocycles. The largest absolute Gasteiger partial charge is 0.340 e. The van der Waals surface area contributed by atoms with E-state index in [9.17, 15) is 4.79 Å². The van der Waals surface area contributed by atoms with Crippen LogP contribution in [0, 0.1) is 5.92 Å². The number of aromatic nitrogens is 2. The molecule has 2 atom stereocenters. The monoisotopic (exact) mass is 410 g/mol. The predicted octanol–water partition coefficient (Wildman–Crippen LogP) is 3.45. The van der Waals surface area contributed by atoms with Crippen molar-refractivity contribution in [3.63, 3.8) is 0 Å². The van der Waals surface area contributed by atoms with Gasteiger partial charge in [0.15, 0.2) is 5.82 Å². The van der Waals surface area contributed by atoms with Crippen molar-refractivity contribution in [2.24, 2.45) is 5.92 Å². The van der Waals surface area contributed by atoms with Crippen LogP contribution in [-0.4, -0.2) is 29.1 Å². The van der Waals surface area contributed by atoms with Crippen molar-refractivity contribution >= 4 is 29.9 Å². The van der Waals surface area contributed by atoms with Crippen LogP contribution in [0.2, 0.25) is 5.02 Å². The molecule has 0 unspecified atom stereocenters. The summed E-state index contributed by atoms with van der Waals surface area (Å²) in [6.45, 7) is 5.64. The molecule has 146 valence electrons. The van der Waals surface area contributed by atoms with Crippen LogP contribution in [0.3, 0.4) is 0 Å². The van der Waals surface area contributed by atoms with Crippen LogP contribution in [0.5, 0.6) is 0 Å². The number of halogens is 2. The summed E-state index contributed by atoms with van der Waals surface area (Å²) in [6.07, 6.45) is 3.46. The van der Waals surface area contributed by atoms with Gasteiger partial charge in [-0.1, -0.05) is 29.2 Å². The van der Waals surface area contributed by atoms with E-state index in [1.807, 2.05) is 13.8 Å². The number of hydrogen-bond donors (Lipinski definition) is 2. The molecule has 0 bridgehead atoms. The number of benzene rings is 1. The Morgan fingerprint density at radius 3 is 3.04 bits per heavy atom. The highest BCUT2D eigenvalue weighted by Gasteiger charge is 2.51. The maximum atomic E-state index is 12.6. The highest BCUT2D eigenvalue weighted by atomic mass is 35.5. The third-order valence-corrected chi connectivity index (χ3v) is 5.95. The van der Waals surface area contributed by atoms with Crippen molar-refractivity contribution in [1.82, 2.24) is 20.8 Å². The van der Waals surface area contributed by atoms with Crippen LogP contribution >= 0.6 is 24.0 Å². The average molecular weight is 411 g/mol. The summed E-state index contributed by atoms with van der Waals surface area (Å²) in [5.41, 5.74) is -0.292. The number of carbonyl (C=O) groups is 1. The molecule has 2 N–H and O–H groups in total. The number of hydrogen-bond acceptors (Lipinski definition) is 5. The van der Waals surface area contributed by atoms with Gasteiger partial charge in [0.2, 0.25) is 5.89 Å². The average Bonchev–Trinajstić information content (AvgIpc) is 3.29. The SMILES string of the molecule is CC(C)(NC(=O)c1cccc(Cl)c1)c1noc([C@@]23CCC[C@@H]2CNC3)n1.Cl. The Hall–Kier alpha value is -1.63. The lowest BCUT2D eigenvalue weighted by Gasteiger charge is -2.24. The van der Waals surface area contributed by atoms with Gasteiger partial charge in [0.25, 0.3) is 5.91 Å². The lowest BCUT2D eigenvalue weighted by Crippen LogP contribution is -2.42. The molecule has 8 heteroatoms. The van der Waals surface area contributed by atoms with Crippen molar-refractivity contribution in [2.45, 2.75) is 44.1 Å². The van der Waals surface area contributed by atoms with Gasteiger partial charge in [0.05, 0.1) is 11.0 Å². The van der Waals surface area contributed by atoms with Gasteiger partial charge >= 0.3 is 0 Å². The zero-order valence-electron chi connectivity index (χ0n) is 15.4. The molecule has 1 aliphatic carbocycles. The van der Waals surface area contributed by atoms with E-state index in [0.717, 1.165) is 19.5 Å². The molecule has 6 nitrogen and oxygen atoms in total. The highest BCUT2D eigenvalue weighted by molar-refractivity contribution is 6.30. The molecule has 0 spiro atoms. The second kappa shape index (κ2) is 7.41. The van der Waals surface area contributed by atoms with Crippen LogP contribution in [0.1, 0.15) is 55.2 Å². The van der Waals surface area contributed by atoms with E-state index < -0.39 is 5.54 Å². The Morgan fingerprint density at radius 2 is 2.26 bits per heavy atom. The van der Waals surface area contributed by atoms with E-state index in [0.29, 0.717) is 28.2 Å². The molecule has 1 aromatic heterocycles. The molecule has 0 radical (unpaired) electrons. The van der Waals surface area contributed by atoms with Gasteiger partial charge in [-0.05, 0) is 57.4 Å². The van der Waals surface area contributed by atoms with Crippen molar-refractivity contribution in [3.8, 4) is 0 Å². The van der Waals surface area contributed by atoms with E-state index in [2.05, 4.69) is 15.8 Å². The van der Waals surface area contributed by atoms with Gasteiger partial charge in [-0.3, -0.25) is 4.79 Å². The van der Waals surface area contributed by atoms with Gasteiger partial charge in [0, 0.05) is 17.1 Å². The lowest BCUT2D eigenvalue weighted by atomic mass is 9.80. The first-order valence-electron chi connectivity index (χ1n) is 9.04. The molecule has 1 aromatic carbocycles. The molecular weight excluding hydrogens is 387 g/mol. The van der Waals surface area contributed by atoms with Crippen LogP contribution in [0.4, 0.5) is 0 Å². The van der Waals surface area contributed by atoms with Crippen molar-refractivity contribution in [2.75, 3.05) is 13.1 Å². The fourth-order valence-corrected chi connectivity index (χ4v) is 4.41. The highest BCUT2D eigenvalue weighted by Crippen LogP contribution is 2.47. The van der Waals surface area contributed by atoms with Gasteiger partial charge < -0.3 is 15.2 Å². The zero-order chi connectivity index (χ0) is 18.4. The second-order valence-electron chi connectivity index (χ2n) is 7.89. The Kier molecular flexibility index (Phi) is 5.52. The standard InChI is InChI=1S/C19H23ClN4O2.ClH/c1-18(2,23-15(25)12-5-3-7-14(20)9-12)16-22-17(26-24-16)19-8-4-6-13(19)10-21-11-19;/h3,5,7,9,13,21H,4,6,8,10-11H2,1-2H3,(H,23,25);1H/t13-,19-;/m1./s1. The van der Waals surface area contributed by atoms with E-state index in [-0.39, 0.29) is 23.7 Å². The Balaban J connectivity index is 0.00000210. The molecule has 2 fully saturated rings. The molecule has 2 aliphatic rings.